The van der Waals surface area contributed by atoms with Gasteiger partial charge in [-0.05, 0) is 62.7 Å². The predicted molar refractivity (Wildman–Crippen MR) is 71.5 cm³/mol. The fourth-order valence-corrected chi connectivity index (χ4v) is 6.96. The van der Waals surface area contributed by atoms with Crippen molar-refractivity contribution in [3.8, 4) is 0 Å². The Morgan fingerprint density at radius 3 is 3.00 bits per heavy atom. The van der Waals surface area contributed by atoms with Gasteiger partial charge in [0.05, 0.1) is 12.7 Å². The second-order valence-corrected chi connectivity index (χ2v) is 7.78. The van der Waals surface area contributed by atoms with Gasteiger partial charge in [-0.15, -0.1) is 0 Å². The van der Waals surface area contributed by atoms with E-state index in [0.717, 1.165) is 24.9 Å². The topological polar surface area (TPSA) is 32.7 Å². The fourth-order valence-electron chi connectivity index (χ4n) is 6.96. The van der Waals surface area contributed by atoms with Crippen LogP contribution in [0.15, 0.2) is 0 Å². The SMILES string of the molecule is O[C@H]1C[C@H]2C[C@H]3COC4(C3)N3CCC[C@H]1C24CCC3. The number of ether oxygens (including phenoxy) is 1. The number of fused-ring (bicyclic) bond motifs is 1. The maximum atomic E-state index is 10.7. The largest absolute Gasteiger partial charge is 0.393 e. The van der Waals surface area contributed by atoms with Crippen LogP contribution in [0.1, 0.15) is 44.9 Å². The molecule has 4 bridgehead atoms. The minimum Gasteiger partial charge on any atom is -0.393 e. The number of hydrogen-bond donors (Lipinski definition) is 1. The van der Waals surface area contributed by atoms with Gasteiger partial charge in [-0.1, -0.05) is 0 Å². The summed E-state index contributed by atoms with van der Waals surface area (Å²) in [6, 6.07) is 0. The molecule has 2 spiro atoms. The lowest BCUT2D eigenvalue weighted by molar-refractivity contribution is -0.249. The van der Waals surface area contributed by atoms with E-state index in [4.69, 9.17) is 4.74 Å². The zero-order valence-corrected chi connectivity index (χ0v) is 11.7. The quantitative estimate of drug-likeness (QED) is 0.725. The lowest BCUT2D eigenvalue weighted by atomic mass is 9.54. The van der Waals surface area contributed by atoms with E-state index >= 15 is 0 Å². The van der Waals surface area contributed by atoms with Crippen LogP contribution in [-0.4, -0.2) is 41.5 Å². The molecule has 5 fully saturated rings. The highest BCUT2D eigenvalue weighted by atomic mass is 16.5. The van der Waals surface area contributed by atoms with Crippen molar-refractivity contribution >= 4 is 0 Å². The third-order valence-electron chi connectivity index (χ3n) is 7.32. The molecule has 3 nitrogen and oxygen atoms in total. The van der Waals surface area contributed by atoms with Crippen molar-refractivity contribution in [1.82, 2.24) is 4.90 Å². The molecular weight excluding hydrogens is 238 g/mol. The number of aliphatic hydroxyl groups excluding tert-OH is 1. The first kappa shape index (κ1) is 11.5. The predicted octanol–water partition coefficient (Wildman–Crippen LogP) is 2.00. The van der Waals surface area contributed by atoms with Crippen molar-refractivity contribution < 1.29 is 9.84 Å². The summed E-state index contributed by atoms with van der Waals surface area (Å²) in [5.41, 5.74) is 0.325. The number of aliphatic hydroxyl groups is 1. The first-order valence-corrected chi connectivity index (χ1v) is 8.33. The number of hydrogen-bond acceptors (Lipinski definition) is 3. The van der Waals surface area contributed by atoms with Crippen LogP contribution >= 0.6 is 0 Å². The molecule has 3 saturated heterocycles. The first-order chi connectivity index (χ1) is 9.26. The Balaban J connectivity index is 1.73. The molecule has 19 heavy (non-hydrogen) atoms. The molecule has 2 aliphatic carbocycles. The molecule has 7 atom stereocenters. The average molecular weight is 263 g/mol. The maximum absolute atomic E-state index is 10.7. The van der Waals surface area contributed by atoms with Gasteiger partial charge in [-0.25, -0.2) is 0 Å². The van der Waals surface area contributed by atoms with E-state index in [1.807, 2.05) is 0 Å². The highest BCUT2D eigenvalue weighted by Crippen LogP contribution is 2.70. The molecule has 2 saturated carbocycles. The summed E-state index contributed by atoms with van der Waals surface area (Å²) < 4.78 is 6.55. The molecule has 0 aromatic heterocycles. The maximum Gasteiger partial charge on any atom is 0.128 e. The van der Waals surface area contributed by atoms with Gasteiger partial charge >= 0.3 is 0 Å². The third-order valence-corrected chi connectivity index (χ3v) is 7.32. The first-order valence-electron chi connectivity index (χ1n) is 8.33. The van der Waals surface area contributed by atoms with Crippen molar-refractivity contribution in [1.29, 1.82) is 0 Å². The molecule has 0 amide bonds. The monoisotopic (exact) mass is 263 g/mol. The van der Waals surface area contributed by atoms with Crippen LogP contribution in [0, 0.1) is 23.2 Å². The van der Waals surface area contributed by atoms with Crippen molar-refractivity contribution in [3.05, 3.63) is 0 Å². The minimum atomic E-state index is -0.0529. The Kier molecular flexibility index (Phi) is 2.15. The van der Waals surface area contributed by atoms with Crippen LogP contribution in [0.3, 0.4) is 0 Å². The molecule has 3 heteroatoms. The Morgan fingerprint density at radius 2 is 2.05 bits per heavy atom. The van der Waals surface area contributed by atoms with Crippen molar-refractivity contribution in [2.45, 2.75) is 56.8 Å². The second-order valence-electron chi connectivity index (χ2n) is 7.78. The molecule has 1 N–H and O–H groups in total. The molecule has 0 aromatic carbocycles. The number of nitrogens with zero attached hydrogens (tertiary/aromatic N) is 1. The lowest BCUT2D eigenvalue weighted by Gasteiger charge is -2.60. The Morgan fingerprint density at radius 1 is 1.16 bits per heavy atom. The molecule has 0 radical (unpaired) electrons. The smallest absolute Gasteiger partial charge is 0.128 e. The summed E-state index contributed by atoms with van der Waals surface area (Å²) in [4.78, 5) is 2.70. The Bertz CT molecular complexity index is 414. The van der Waals surface area contributed by atoms with Gasteiger partial charge in [0, 0.05) is 18.5 Å². The van der Waals surface area contributed by atoms with E-state index in [1.54, 1.807) is 0 Å². The van der Waals surface area contributed by atoms with E-state index in [0.29, 0.717) is 11.3 Å². The highest BCUT2D eigenvalue weighted by molar-refractivity contribution is 5.19. The van der Waals surface area contributed by atoms with E-state index < -0.39 is 0 Å². The zero-order valence-electron chi connectivity index (χ0n) is 11.7. The summed E-state index contributed by atoms with van der Waals surface area (Å²) in [6.45, 7) is 3.41. The van der Waals surface area contributed by atoms with Crippen LogP contribution in [0.25, 0.3) is 0 Å². The van der Waals surface area contributed by atoms with Gasteiger partial charge in [0.15, 0.2) is 0 Å². The molecule has 0 aromatic rings. The normalized spacial score (nSPS) is 62.7. The van der Waals surface area contributed by atoms with Crippen molar-refractivity contribution in [2.24, 2.45) is 23.2 Å². The van der Waals surface area contributed by atoms with Gasteiger partial charge in [-0.2, -0.15) is 0 Å². The molecule has 3 unspecified atom stereocenters. The van der Waals surface area contributed by atoms with Crippen LogP contribution in [0.5, 0.6) is 0 Å². The molecule has 3 aliphatic heterocycles. The van der Waals surface area contributed by atoms with Gasteiger partial charge in [0.25, 0.3) is 0 Å². The van der Waals surface area contributed by atoms with E-state index in [2.05, 4.69) is 4.90 Å². The summed E-state index contributed by atoms with van der Waals surface area (Å²) in [5, 5.41) is 10.7. The van der Waals surface area contributed by atoms with E-state index in [-0.39, 0.29) is 11.8 Å². The van der Waals surface area contributed by atoms with Crippen LogP contribution in [0.4, 0.5) is 0 Å². The van der Waals surface area contributed by atoms with Gasteiger partial charge in [-0.3, -0.25) is 4.90 Å². The van der Waals surface area contributed by atoms with Gasteiger partial charge in [0.2, 0.25) is 0 Å². The Labute approximate surface area is 115 Å². The number of piperidine rings is 1. The summed E-state index contributed by atoms with van der Waals surface area (Å²) in [7, 11) is 0. The van der Waals surface area contributed by atoms with Crippen LogP contribution < -0.4 is 0 Å². The van der Waals surface area contributed by atoms with Crippen molar-refractivity contribution in [2.75, 3.05) is 19.7 Å². The van der Waals surface area contributed by atoms with Gasteiger partial charge < -0.3 is 9.84 Å². The lowest BCUT2D eigenvalue weighted by Crippen LogP contribution is -2.66. The Hall–Kier alpha value is -0.120. The number of rotatable bonds is 0. The molecular formula is C16H25NO2. The van der Waals surface area contributed by atoms with Crippen molar-refractivity contribution in [3.63, 3.8) is 0 Å². The highest BCUT2D eigenvalue weighted by Gasteiger charge is 2.73. The van der Waals surface area contributed by atoms with E-state index in [1.165, 1.54) is 51.6 Å². The molecule has 106 valence electrons. The molecule has 5 aliphatic rings. The third kappa shape index (κ3) is 1.14. The summed E-state index contributed by atoms with van der Waals surface area (Å²) >= 11 is 0. The minimum absolute atomic E-state index is 0.0253. The standard InChI is InChI=1S/C16H25NO2/c18-14-8-12-7-11-9-16(19-10-11)15(12)4-2-6-17(16)5-1-3-13(14)15/h11-14,18H,1-10H2/t11-,12-,13-,14+,15?,16?/m1/s1. The van der Waals surface area contributed by atoms with E-state index in [9.17, 15) is 5.11 Å². The van der Waals surface area contributed by atoms with Gasteiger partial charge in [0.1, 0.15) is 5.72 Å². The zero-order chi connectivity index (χ0) is 12.7. The summed E-state index contributed by atoms with van der Waals surface area (Å²) in [5.74, 6) is 2.01. The van der Waals surface area contributed by atoms with Crippen LogP contribution in [0.2, 0.25) is 0 Å². The second kappa shape index (κ2) is 3.55. The molecule has 3 heterocycles. The fraction of sp³-hybridized carbons (Fsp3) is 1.00. The average Bonchev–Trinajstić information content (AvgIpc) is 2.86. The van der Waals surface area contributed by atoms with Crippen LogP contribution in [-0.2, 0) is 4.74 Å². The molecule has 5 rings (SSSR count). The summed E-state index contributed by atoms with van der Waals surface area (Å²) in [6.07, 6.45) is 8.69.